The largest absolute Gasteiger partial charge is 0.493 e. The number of ether oxygens (including phenoxy) is 2. The molecular weight excluding hydrogens is 254 g/mol. The van der Waals surface area contributed by atoms with Crippen LogP contribution in [0.2, 0.25) is 0 Å². The molecule has 2 N–H and O–H groups in total. The third kappa shape index (κ3) is 2.68. The maximum Gasteiger partial charge on any atom is 0.162 e. The Kier molecular flexibility index (Phi) is 3.81. The van der Waals surface area contributed by atoms with Gasteiger partial charge >= 0.3 is 0 Å². The molecule has 1 aromatic carbocycles. The Bertz CT molecular complexity index is 497. The minimum atomic E-state index is 0.653. The number of anilines is 1. The summed E-state index contributed by atoms with van der Waals surface area (Å²) in [5.74, 6) is 1.35. The standard InChI is InChI=1S/C12H13NO2S2/c1-14-9-6-8(13)11(7-10(9)15-2)17-12-4-3-5-16-12/h3-7H,13H2,1-2H3. The van der Waals surface area contributed by atoms with Crippen LogP contribution in [0.4, 0.5) is 5.69 Å². The minimum Gasteiger partial charge on any atom is -0.493 e. The first-order chi connectivity index (χ1) is 8.24. The van der Waals surface area contributed by atoms with Crippen molar-refractivity contribution in [3.05, 3.63) is 29.6 Å². The van der Waals surface area contributed by atoms with E-state index in [0.29, 0.717) is 17.2 Å². The zero-order valence-corrected chi connectivity index (χ0v) is 11.2. The van der Waals surface area contributed by atoms with Gasteiger partial charge in [0.1, 0.15) is 0 Å². The van der Waals surface area contributed by atoms with Crippen LogP contribution >= 0.6 is 23.1 Å². The van der Waals surface area contributed by atoms with Crippen molar-refractivity contribution in [3.63, 3.8) is 0 Å². The maximum atomic E-state index is 5.99. The van der Waals surface area contributed by atoms with E-state index in [1.165, 1.54) is 4.21 Å². The smallest absolute Gasteiger partial charge is 0.162 e. The second-order valence-electron chi connectivity index (χ2n) is 3.28. The van der Waals surface area contributed by atoms with Crippen molar-refractivity contribution in [2.75, 3.05) is 20.0 Å². The minimum absolute atomic E-state index is 0.653. The second-order valence-corrected chi connectivity index (χ2v) is 5.57. The van der Waals surface area contributed by atoms with Crippen LogP contribution < -0.4 is 15.2 Å². The molecule has 0 aliphatic heterocycles. The molecular formula is C12H13NO2S2. The summed E-state index contributed by atoms with van der Waals surface area (Å²) in [6.07, 6.45) is 0. The number of hydrogen-bond acceptors (Lipinski definition) is 5. The predicted molar refractivity (Wildman–Crippen MR) is 72.4 cm³/mol. The lowest BCUT2D eigenvalue weighted by atomic mass is 10.3. The van der Waals surface area contributed by atoms with Crippen LogP contribution in [-0.2, 0) is 0 Å². The Hall–Kier alpha value is -1.33. The summed E-state index contributed by atoms with van der Waals surface area (Å²) in [7, 11) is 3.22. The Balaban J connectivity index is 2.34. The fraction of sp³-hybridized carbons (Fsp3) is 0.167. The zero-order chi connectivity index (χ0) is 12.3. The normalized spacial score (nSPS) is 10.2. The average molecular weight is 267 g/mol. The van der Waals surface area contributed by atoms with Gasteiger partial charge in [-0.1, -0.05) is 17.8 Å². The molecule has 0 spiro atoms. The second kappa shape index (κ2) is 5.33. The highest BCUT2D eigenvalue weighted by atomic mass is 32.2. The third-order valence-electron chi connectivity index (χ3n) is 2.22. The van der Waals surface area contributed by atoms with Gasteiger partial charge in [0, 0.05) is 22.7 Å². The summed E-state index contributed by atoms with van der Waals surface area (Å²) in [6.45, 7) is 0. The molecule has 0 saturated heterocycles. The first kappa shape index (κ1) is 12.1. The highest BCUT2D eigenvalue weighted by molar-refractivity contribution is 8.01. The Morgan fingerprint density at radius 2 is 1.88 bits per heavy atom. The van der Waals surface area contributed by atoms with Crippen LogP contribution in [0, 0.1) is 0 Å². The van der Waals surface area contributed by atoms with Crippen molar-refractivity contribution in [1.29, 1.82) is 0 Å². The highest BCUT2D eigenvalue weighted by Crippen LogP contribution is 2.40. The van der Waals surface area contributed by atoms with Crippen LogP contribution in [0.3, 0.4) is 0 Å². The maximum absolute atomic E-state index is 5.99. The molecule has 5 heteroatoms. The molecule has 2 aromatic rings. The lowest BCUT2D eigenvalue weighted by Crippen LogP contribution is -1.95. The number of nitrogen functional groups attached to an aromatic ring is 1. The van der Waals surface area contributed by atoms with Gasteiger partial charge in [0.2, 0.25) is 0 Å². The van der Waals surface area contributed by atoms with Crippen molar-refractivity contribution in [2.45, 2.75) is 9.10 Å². The molecule has 0 bridgehead atoms. The van der Waals surface area contributed by atoms with Gasteiger partial charge in [-0.15, -0.1) is 11.3 Å². The summed E-state index contributed by atoms with van der Waals surface area (Å²) in [5, 5.41) is 2.04. The number of hydrogen-bond donors (Lipinski definition) is 1. The molecule has 0 fully saturated rings. The van der Waals surface area contributed by atoms with E-state index in [0.717, 1.165) is 4.90 Å². The van der Waals surface area contributed by atoms with Crippen molar-refractivity contribution >= 4 is 28.8 Å². The molecule has 17 heavy (non-hydrogen) atoms. The average Bonchev–Trinajstić information content (AvgIpc) is 2.84. The number of benzene rings is 1. The van der Waals surface area contributed by atoms with Crippen LogP contribution in [0.1, 0.15) is 0 Å². The molecule has 2 rings (SSSR count). The molecule has 0 atom stereocenters. The Morgan fingerprint density at radius 1 is 1.18 bits per heavy atom. The number of thiophene rings is 1. The van der Waals surface area contributed by atoms with Gasteiger partial charge < -0.3 is 15.2 Å². The molecule has 1 heterocycles. The first-order valence-electron chi connectivity index (χ1n) is 4.97. The molecule has 90 valence electrons. The van der Waals surface area contributed by atoms with Gasteiger partial charge in [0.05, 0.1) is 18.4 Å². The topological polar surface area (TPSA) is 44.5 Å². The van der Waals surface area contributed by atoms with Gasteiger partial charge in [-0.25, -0.2) is 0 Å². The molecule has 0 aliphatic carbocycles. The molecule has 0 amide bonds. The fourth-order valence-corrected chi connectivity index (χ4v) is 3.18. The highest BCUT2D eigenvalue weighted by Gasteiger charge is 2.10. The molecule has 3 nitrogen and oxygen atoms in total. The summed E-state index contributed by atoms with van der Waals surface area (Å²) in [5.41, 5.74) is 6.68. The summed E-state index contributed by atoms with van der Waals surface area (Å²) < 4.78 is 11.7. The van der Waals surface area contributed by atoms with Crippen molar-refractivity contribution in [1.82, 2.24) is 0 Å². The van der Waals surface area contributed by atoms with Crippen LogP contribution in [0.15, 0.2) is 38.8 Å². The Labute approximate surface area is 109 Å². The molecule has 0 saturated carbocycles. The van der Waals surface area contributed by atoms with Gasteiger partial charge in [-0.05, 0) is 11.4 Å². The van der Waals surface area contributed by atoms with Crippen LogP contribution in [0.25, 0.3) is 0 Å². The number of methoxy groups -OCH3 is 2. The van der Waals surface area contributed by atoms with E-state index in [2.05, 4.69) is 6.07 Å². The van der Waals surface area contributed by atoms with Crippen molar-refractivity contribution in [3.8, 4) is 11.5 Å². The van der Waals surface area contributed by atoms with Gasteiger partial charge in [0.15, 0.2) is 11.5 Å². The lowest BCUT2D eigenvalue weighted by molar-refractivity contribution is 0.354. The monoisotopic (exact) mass is 267 g/mol. The lowest BCUT2D eigenvalue weighted by Gasteiger charge is -2.11. The summed E-state index contributed by atoms with van der Waals surface area (Å²) in [4.78, 5) is 0.977. The fourth-order valence-electron chi connectivity index (χ4n) is 1.39. The van der Waals surface area contributed by atoms with E-state index in [-0.39, 0.29) is 0 Å². The zero-order valence-electron chi connectivity index (χ0n) is 9.60. The number of nitrogens with two attached hydrogens (primary N) is 1. The van der Waals surface area contributed by atoms with E-state index < -0.39 is 0 Å². The molecule has 1 aromatic heterocycles. The van der Waals surface area contributed by atoms with Crippen LogP contribution in [0.5, 0.6) is 11.5 Å². The van der Waals surface area contributed by atoms with E-state index in [1.54, 1.807) is 43.4 Å². The summed E-state index contributed by atoms with van der Waals surface area (Å²) >= 11 is 3.31. The van der Waals surface area contributed by atoms with E-state index in [9.17, 15) is 0 Å². The summed E-state index contributed by atoms with van der Waals surface area (Å²) in [6, 6.07) is 7.77. The van der Waals surface area contributed by atoms with E-state index in [4.69, 9.17) is 15.2 Å². The Morgan fingerprint density at radius 3 is 2.47 bits per heavy atom. The van der Waals surface area contributed by atoms with Gasteiger partial charge in [-0.2, -0.15) is 0 Å². The van der Waals surface area contributed by atoms with Crippen molar-refractivity contribution in [2.24, 2.45) is 0 Å². The SMILES string of the molecule is COc1cc(N)c(Sc2cccs2)cc1OC. The van der Waals surface area contributed by atoms with Gasteiger partial charge in [-0.3, -0.25) is 0 Å². The predicted octanol–water partition coefficient (Wildman–Crippen LogP) is 3.50. The van der Waals surface area contributed by atoms with E-state index >= 15 is 0 Å². The van der Waals surface area contributed by atoms with E-state index in [1.807, 2.05) is 17.5 Å². The molecule has 0 aliphatic rings. The van der Waals surface area contributed by atoms with Crippen LogP contribution in [-0.4, -0.2) is 14.2 Å². The molecule has 0 radical (unpaired) electrons. The quantitative estimate of drug-likeness (QED) is 0.861. The van der Waals surface area contributed by atoms with Crippen molar-refractivity contribution < 1.29 is 9.47 Å². The third-order valence-corrected chi connectivity index (χ3v) is 4.33. The number of rotatable bonds is 4. The first-order valence-corrected chi connectivity index (χ1v) is 6.67. The molecule has 0 unspecified atom stereocenters. The van der Waals surface area contributed by atoms with Gasteiger partial charge in [0.25, 0.3) is 0 Å².